The Hall–Kier alpha value is -1.14. The van der Waals surface area contributed by atoms with E-state index >= 15 is 0 Å². The first-order valence-corrected chi connectivity index (χ1v) is 5.07. The summed E-state index contributed by atoms with van der Waals surface area (Å²) in [6.07, 6.45) is -6.71. The molecule has 1 aromatic carbocycles. The van der Waals surface area contributed by atoms with Gasteiger partial charge in [0.2, 0.25) is 0 Å². The molecule has 1 N–H and O–H groups in total. The van der Waals surface area contributed by atoms with Gasteiger partial charge in [-0.25, -0.2) is 4.39 Å². The number of benzene rings is 1. The number of alkyl halides is 3. The van der Waals surface area contributed by atoms with E-state index in [2.05, 4.69) is 10.3 Å². The molecule has 0 aliphatic carbocycles. The van der Waals surface area contributed by atoms with Crippen molar-refractivity contribution in [3.05, 3.63) is 35.6 Å². The fraction of sp³-hybridized carbons (Fsp3) is 0.455. The Balaban J connectivity index is 2.26. The summed E-state index contributed by atoms with van der Waals surface area (Å²) < 4.78 is 50.9. The van der Waals surface area contributed by atoms with Crippen molar-refractivity contribution >= 4 is 0 Å². The van der Waals surface area contributed by atoms with Gasteiger partial charge >= 0.3 is 6.18 Å². The maximum absolute atomic E-state index is 13.5. The van der Waals surface area contributed by atoms with Gasteiger partial charge in [-0.15, -0.1) is 0 Å². The van der Waals surface area contributed by atoms with Crippen LogP contribution in [0.4, 0.5) is 17.6 Å². The van der Waals surface area contributed by atoms with E-state index < -0.39 is 23.6 Å². The summed E-state index contributed by atoms with van der Waals surface area (Å²) in [5.74, 6) is -0.547. The maximum Gasteiger partial charge on any atom is 0.416 e. The third-order valence-electron chi connectivity index (χ3n) is 2.85. The smallest absolute Gasteiger partial charge is 0.288 e. The zero-order chi connectivity index (χ0) is 12.7. The van der Waals surface area contributed by atoms with Crippen molar-refractivity contribution in [2.75, 3.05) is 0 Å². The number of halogens is 4. The Bertz CT molecular complexity index is 420. The van der Waals surface area contributed by atoms with E-state index in [9.17, 15) is 17.6 Å². The molecular formula is C11H11F4NO. The van der Waals surface area contributed by atoms with E-state index in [1.165, 1.54) is 25.1 Å². The van der Waals surface area contributed by atoms with E-state index in [-0.39, 0.29) is 12.0 Å². The Morgan fingerprint density at radius 1 is 1.35 bits per heavy atom. The number of hydroxylamine groups is 1. The third-order valence-corrected chi connectivity index (χ3v) is 2.85. The van der Waals surface area contributed by atoms with Crippen molar-refractivity contribution in [3.63, 3.8) is 0 Å². The number of hydrogen-bond acceptors (Lipinski definition) is 2. The molecule has 1 saturated heterocycles. The number of nitrogens with one attached hydrogen (secondary N) is 1. The van der Waals surface area contributed by atoms with Crippen molar-refractivity contribution in [1.29, 1.82) is 0 Å². The normalized spacial score (nSPS) is 29.6. The molecule has 0 saturated carbocycles. The Morgan fingerprint density at radius 3 is 2.53 bits per heavy atom. The highest BCUT2D eigenvalue weighted by Crippen LogP contribution is 2.39. The average Bonchev–Trinajstić information content (AvgIpc) is 2.62. The maximum atomic E-state index is 13.5. The average molecular weight is 249 g/mol. The predicted octanol–water partition coefficient (Wildman–Crippen LogP) is 2.90. The predicted molar refractivity (Wildman–Crippen MR) is 52.4 cm³/mol. The van der Waals surface area contributed by atoms with Crippen LogP contribution in [0.2, 0.25) is 0 Å². The fourth-order valence-corrected chi connectivity index (χ4v) is 1.91. The van der Waals surface area contributed by atoms with Gasteiger partial charge in [0.05, 0.1) is 5.54 Å². The van der Waals surface area contributed by atoms with Crippen molar-refractivity contribution in [3.8, 4) is 0 Å². The van der Waals surface area contributed by atoms with E-state index in [1.54, 1.807) is 6.07 Å². The summed E-state index contributed by atoms with van der Waals surface area (Å²) in [7, 11) is 0. The molecule has 2 rings (SSSR count). The van der Waals surface area contributed by atoms with Crippen LogP contribution in [-0.2, 0) is 10.4 Å². The summed E-state index contributed by atoms with van der Waals surface area (Å²) in [5, 5.41) is 0. The molecule has 2 atom stereocenters. The second kappa shape index (κ2) is 3.96. The van der Waals surface area contributed by atoms with Gasteiger partial charge in [0, 0.05) is 12.0 Å². The minimum absolute atomic E-state index is 0.173. The van der Waals surface area contributed by atoms with Crippen LogP contribution in [0.1, 0.15) is 18.9 Å². The van der Waals surface area contributed by atoms with Crippen molar-refractivity contribution < 1.29 is 22.4 Å². The van der Waals surface area contributed by atoms with E-state index in [0.717, 1.165) is 0 Å². The molecule has 1 aliphatic heterocycles. The molecular weight excluding hydrogens is 238 g/mol. The molecule has 0 radical (unpaired) electrons. The van der Waals surface area contributed by atoms with Gasteiger partial charge < -0.3 is 0 Å². The Kier molecular flexibility index (Phi) is 2.87. The van der Waals surface area contributed by atoms with Crippen molar-refractivity contribution in [2.24, 2.45) is 0 Å². The van der Waals surface area contributed by atoms with Gasteiger partial charge in [-0.05, 0) is 13.0 Å². The van der Waals surface area contributed by atoms with Crippen LogP contribution in [-0.4, -0.2) is 12.3 Å². The molecule has 17 heavy (non-hydrogen) atoms. The lowest BCUT2D eigenvalue weighted by Crippen LogP contribution is -2.33. The molecule has 0 unspecified atom stereocenters. The molecule has 94 valence electrons. The largest absolute Gasteiger partial charge is 0.416 e. The molecule has 2 nitrogen and oxygen atoms in total. The molecule has 0 bridgehead atoms. The lowest BCUT2D eigenvalue weighted by molar-refractivity contribution is -0.218. The zero-order valence-electron chi connectivity index (χ0n) is 9.01. The first-order chi connectivity index (χ1) is 7.83. The highest BCUT2D eigenvalue weighted by molar-refractivity contribution is 5.26. The van der Waals surface area contributed by atoms with Crippen LogP contribution in [0.25, 0.3) is 0 Å². The second-order valence-electron chi connectivity index (χ2n) is 4.27. The van der Waals surface area contributed by atoms with E-state index in [0.29, 0.717) is 0 Å². The van der Waals surface area contributed by atoms with Crippen LogP contribution >= 0.6 is 0 Å². The van der Waals surface area contributed by atoms with Gasteiger partial charge in [-0.3, -0.25) is 4.84 Å². The van der Waals surface area contributed by atoms with Crippen LogP contribution in [0, 0.1) is 5.82 Å². The van der Waals surface area contributed by atoms with Crippen LogP contribution in [0.15, 0.2) is 24.3 Å². The highest BCUT2D eigenvalue weighted by Gasteiger charge is 2.51. The van der Waals surface area contributed by atoms with Gasteiger partial charge in [0.25, 0.3) is 0 Å². The molecule has 6 heteroatoms. The minimum atomic E-state index is -4.45. The first-order valence-electron chi connectivity index (χ1n) is 5.07. The number of rotatable bonds is 1. The molecule has 1 heterocycles. The zero-order valence-corrected chi connectivity index (χ0v) is 9.01. The fourth-order valence-electron chi connectivity index (χ4n) is 1.91. The lowest BCUT2D eigenvalue weighted by Gasteiger charge is -2.23. The van der Waals surface area contributed by atoms with E-state index in [4.69, 9.17) is 0 Å². The molecule has 1 aromatic rings. The molecule has 0 amide bonds. The quantitative estimate of drug-likeness (QED) is 0.773. The summed E-state index contributed by atoms with van der Waals surface area (Å²) in [4.78, 5) is 4.50. The first kappa shape index (κ1) is 12.3. The van der Waals surface area contributed by atoms with Crippen LogP contribution in [0.5, 0.6) is 0 Å². The topological polar surface area (TPSA) is 21.3 Å². The minimum Gasteiger partial charge on any atom is -0.288 e. The molecule has 1 fully saturated rings. The second-order valence-corrected chi connectivity index (χ2v) is 4.27. The van der Waals surface area contributed by atoms with Crippen molar-refractivity contribution in [2.45, 2.75) is 31.2 Å². The standard InChI is InChI=1S/C11H11F4NO/c1-10(7-4-2-3-5-8(7)12)6-9(17-16-10)11(13,14)15/h2-5,9,16H,6H2,1H3/t9-,10-/m0/s1. The summed E-state index contributed by atoms with van der Waals surface area (Å²) >= 11 is 0. The molecule has 1 aliphatic rings. The Morgan fingerprint density at radius 2 is 2.00 bits per heavy atom. The van der Waals surface area contributed by atoms with Crippen molar-refractivity contribution in [1.82, 2.24) is 5.48 Å². The van der Waals surface area contributed by atoms with Gasteiger partial charge in [-0.1, -0.05) is 18.2 Å². The molecule has 0 aromatic heterocycles. The summed E-state index contributed by atoms with van der Waals surface area (Å²) in [5.41, 5.74) is 1.30. The van der Waals surface area contributed by atoms with Gasteiger partial charge in [0.15, 0.2) is 6.10 Å². The molecule has 0 spiro atoms. The Labute approximate surface area is 95.5 Å². The SMILES string of the molecule is C[C@@]1(c2ccccc2F)C[C@@H](C(F)(F)F)ON1. The summed E-state index contributed by atoms with van der Waals surface area (Å²) in [6.45, 7) is 1.48. The van der Waals surface area contributed by atoms with Gasteiger partial charge in [-0.2, -0.15) is 18.7 Å². The summed E-state index contributed by atoms with van der Waals surface area (Å²) in [6, 6.07) is 5.72. The van der Waals surface area contributed by atoms with Crippen LogP contribution < -0.4 is 5.48 Å². The monoisotopic (exact) mass is 249 g/mol. The van der Waals surface area contributed by atoms with Gasteiger partial charge in [0.1, 0.15) is 5.82 Å². The lowest BCUT2D eigenvalue weighted by atomic mass is 9.88. The van der Waals surface area contributed by atoms with E-state index in [1.807, 2.05) is 0 Å². The van der Waals surface area contributed by atoms with Crippen LogP contribution in [0.3, 0.4) is 0 Å². The number of hydrogen-bond donors (Lipinski definition) is 1. The highest BCUT2D eigenvalue weighted by atomic mass is 19.4. The third kappa shape index (κ3) is 2.28.